The number of halogens is 3. The number of nitrogens with zero attached hydrogens (tertiary/aromatic N) is 7. The molecule has 8 heterocycles. The molecule has 5 N–H and O–H groups in total. The number of nitrogens with one attached hydrogen (secondary N) is 5. The molecule has 0 aromatic carbocycles. The summed E-state index contributed by atoms with van der Waals surface area (Å²) in [7, 11) is 0. The highest BCUT2D eigenvalue weighted by molar-refractivity contribution is 6.31. The van der Waals surface area contributed by atoms with Crippen molar-refractivity contribution < 1.29 is 19.1 Å². The Kier molecular flexibility index (Phi) is 13.7. The highest BCUT2D eigenvalue weighted by atomic mass is 35.5. The Balaban J connectivity index is 0.000000148. The molecule has 2 aromatic rings. The van der Waals surface area contributed by atoms with Gasteiger partial charge in [0.15, 0.2) is 0 Å². The van der Waals surface area contributed by atoms with Gasteiger partial charge in [0.1, 0.15) is 23.1 Å². The molecular weight excluding hydrogens is 807 g/mol. The van der Waals surface area contributed by atoms with Gasteiger partial charge >= 0.3 is 12.1 Å². The molecule has 58 heavy (non-hydrogen) atoms. The van der Waals surface area contributed by atoms with Crippen molar-refractivity contribution in [3.8, 4) is 0 Å². The second-order valence-corrected chi connectivity index (χ2v) is 18.5. The first-order valence-electron chi connectivity index (χ1n) is 20.8. The number of hydrogen-bond donors (Lipinski definition) is 5. The van der Waals surface area contributed by atoms with Crippen LogP contribution in [0.3, 0.4) is 0 Å². The summed E-state index contributed by atoms with van der Waals surface area (Å²) in [4.78, 5) is 50.6. The van der Waals surface area contributed by atoms with E-state index < -0.39 is 5.72 Å². The van der Waals surface area contributed by atoms with E-state index >= 15 is 0 Å². The van der Waals surface area contributed by atoms with Crippen molar-refractivity contribution in [3.05, 3.63) is 27.5 Å². The van der Waals surface area contributed by atoms with E-state index in [1.165, 1.54) is 38.5 Å². The van der Waals surface area contributed by atoms with Crippen LogP contribution in [0.5, 0.6) is 0 Å². The van der Waals surface area contributed by atoms with E-state index in [4.69, 9.17) is 44.3 Å². The van der Waals surface area contributed by atoms with Crippen molar-refractivity contribution in [2.75, 3.05) is 31.1 Å². The molecule has 4 atom stereocenters. The van der Waals surface area contributed by atoms with Gasteiger partial charge in [-0.3, -0.25) is 0 Å². The van der Waals surface area contributed by atoms with Crippen LogP contribution < -0.4 is 31.5 Å². The Morgan fingerprint density at radius 2 is 1.03 bits per heavy atom. The molecule has 4 amide bonds. The molecule has 4 unspecified atom stereocenters. The van der Waals surface area contributed by atoms with Gasteiger partial charge in [-0.1, -0.05) is 7.43 Å². The summed E-state index contributed by atoms with van der Waals surface area (Å²) < 4.78 is 12.4. The van der Waals surface area contributed by atoms with Gasteiger partial charge in [0.2, 0.25) is 21.8 Å². The lowest BCUT2D eigenvalue weighted by molar-refractivity contribution is -0.228. The molecule has 2 aromatic heterocycles. The van der Waals surface area contributed by atoms with Crippen LogP contribution in [0, 0.1) is 37.5 Å². The summed E-state index contributed by atoms with van der Waals surface area (Å²) in [5, 5.41) is 16.5. The largest absolute Gasteiger partial charge is 0.352 e. The molecule has 19 heteroatoms. The van der Waals surface area contributed by atoms with Crippen molar-refractivity contribution in [3.63, 3.8) is 0 Å². The number of carbonyl (C=O) groups excluding carboxylic acids is 2. The number of urea groups is 2. The Morgan fingerprint density at radius 1 is 0.621 bits per heavy atom. The molecule has 6 saturated heterocycles. The zero-order chi connectivity index (χ0) is 39.7. The number of amides is 4. The quantitative estimate of drug-likeness (QED) is 0.241. The Labute approximate surface area is 356 Å². The van der Waals surface area contributed by atoms with Gasteiger partial charge in [-0.15, -0.1) is 0 Å². The van der Waals surface area contributed by atoms with Gasteiger partial charge < -0.3 is 41.0 Å². The normalized spacial score (nSPS) is 33.2. The summed E-state index contributed by atoms with van der Waals surface area (Å²) in [6.07, 6.45) is 15.8. The SMILES string of the molecule is C.Cc1nc(Cl)nc(Cl)n1.Cc1nc(Cl)nc(N2CCC(NC(=O)NC34CC5CC(CC(C5)O3)C4)CC2)n1.O=C(NC1CCNCC1)NC12CC3CC(CC(C3)O1)C2. The number of anilines is 1. The van der Waals surface area contributed by atoms with Crippen molar-refractivity contribution in [1.29, 1.82) is 0 Å². The topological polar surface area (TPSA) is 193 Å². The van der Waals surface area contributed by atoms with Gasteiger partial charge in [0, 0.05) is 25.2 Å². The van der Waals surface area contributed by atoms with Crippen LogP contribution in [-0.4, -0.2) is 104 Å². The van der Waals surface area contributed by atoms with Gasteiger partial charge in [0.25, 0.3) is 0 Å². The standard InChI is InChI=1S/C19H27ClN6O2.C15H25N3O2.C4H3Cl2N3.CH4/c1-11-21-16(20)24-17(22-11)26-4-2-14(3-5-26)23-18(27)25-19-9-12-6-13(10-19)8-15(7-12)28-19;19-14(17-12-1-3-16-4-2-12)18-15-8-10-5-11(9-15)7-13(6-10)20-15;1-2-7-3(5)9-4(6)8-2;/h12-15H,2-10H2,1H3,(H2,23,25,27);10-13,16H,1-9H2,(H2,17,18,19);1H3;1H4. The molecule has 320 valence electrons. The Bertz CT molecular complexity index is 1620. The minimum absolute atomic E-state index is 0. The lowest BCUT2D eigenvalue weighted by Gasteiger charge is -2.56. The maximum Gasteiger partial charge on any atom is 0.317 e. The van der Waals surface area contributed by atoms with E-state index in [0.717, 1.165) is 89.4 Å². The van der Waals surface area contributed by atoms with E-state index in [-0.39, 0.29) is 47.1 Å². The third kappa shape index (κ3) is 10.9. The van der Waals surface area contributed by atoms with Crippen molar-refractivity contribution in [1.82, 2.24) is 56.5 Å². The first kappa shape index (κ1) is 43.2. The number of aromatic nitrogens is 6. The predicted octanol–water partition coefficient (Wildman–Crippen LogP) is 5.87. The smallest absolute Gasteiger partial charge is 0.317 e. The molecule has 12 rings (SSSR count). The van der Waals surface area contributed by atoms with E-state index in [0.29, 0.717) is 47.7 Å². The van der Waals surface area contributed by atoms with Crippen LogP contribution in [0.15, 0.2) is 0 Å². The van der Waals surface area contributed by atoms with Crippen molar-refractivity contribution in [2.24, 2.45) is 23.7 Å². The van der Waals surface area contributed by atoms with E-state index in [1.54, 1.807) is 6.92 Å². The highest BCUT2D eigenvalue weighted by Crippen LogP contribution is 2.53. The lowest BCUT2D eigenvalue weighted by Crippen LogP contribution is -2.65. The van der Waals surface area contributed by atoms with Gasteiger partial charge in [0.05, 0.1) is 12.2 Å². The monoisotopic (exact) mass is 864 g/mol. The molecule has 6 aliphatic heterocycles. The van der Waals surface area contributed by atoms with Crippen LogP contribution in [-0.2, 0) is 9.47 Å². The fourth-order valence-electron chi connectivity index (χ4n) is 11.0. The minimum Gasteiger partial charge on any atom is -0.352 e. The van der Waals surface area contributed by atoms with E-state index in [1.807, 2.05) is 6.92 Å². The average molecular weight is 866 g/mol. The molecule has 4 aliphatic carbocycles. The van der Waals surface area contributed by atoms with Crippen molar-refractivity contribution >= 4 is 52.8 Å². The maximum atomic E-state index is 12.7. The van der Waals surface area contributed by atoms with Crippen LogP contribution >= 0.6 is 34.8 Å². The number of carbonyl (C=O) groups is 2. The molecule has 16 nitrogen and oxygen atoms in total. The number of ether oxygens (including phenoxy) is 2. The van der Waals surface area contributed by atoms with E-state index in [2.05, 4.69) is 61.4 Å². The predicted molar refractivity (Wildman–Crippen MR) is 221 cm³/mol. The molecule has 0 radical (unpaired) electrons. The number of hydrogen-bond acceptors (Lipinski definition) is 12. The molecule has 0 spiro atoms. The Morgan fingerprint density at radius 3 is 1.45 bits per heavy atom. The first-order chi connectivity index (χ1) is 27.3. The molecule has 10 aliphatic rings. The summed E-state index contributed by atoms with van der Waals surface area (Å²) in [5.41, 5.74) is -0.787. The van der Waals surface area contributed by atoms with Crippen LogP contribution in [0.4, 0.5) is 15.5 Å². The summed E-state index contributed by atoms with van der Waals surface area (Å²) in [6.45, 7) is 7.05. The number of piperidine rings is 2. The minimum atomic E-state index is -0.432. The fraction of sp³-hybridized carbons (Fsp3) is 0.795. The molecule has 10 fully saturated rings. The van der Waals surface area contributed by atoms with Gasteiger partial charge in [-0.05, 0) is 175 Å². The highest BCUT2D eigenvalue weighted by Gasteiger charge is 2.54. The third-order valence-electron chi connectivity index (χ3n) is 12.8. The second-order valence-electron chi connectivity index (χ2n) is 17.5. The molecule has 8 bridgehead atoms. The summed E-state index contributed by atoms with van der Waals surface area (Å²) in [5.74, 6) is 4.71. The maximum absolute atomic E-state index is 12.7. The van der Waals surface area contributed by atoms with Crippen molar-refractivity contribution in [2.45, 2.75) is 147 Å². The van der Waals surface area contributed by atoms with Gasteiger partial charge in [-0.2, -0.15) is 15.0 Å². The van der Waals surface area contributed by atoms with Crippen LogP contribution in [0.2, 0.25) is 15.9 Å². The van der Waals surface area contributed by atoms with Crippen LogP contribution in [0.25, 0.3) is 0 Å². The second kappa shape index (κ2) is 18.4. The number of aryl methyl sites for hydroxylation is 2. The van der Waals surface area contributed by atoms with E-state index in [9.17, 15) is 9.59 Å². The molecular formula is C39H59Cl3N12O4. The third-order valence-corrected chi connectivity index (χ3v) is 13.4. The first-order valence-corrected chi connectivity index (χ1v) is 21.9. The van der Waals surface area contributed by atoms with Crippen LogP contribution in [0.1, 0.15) is 109 Å². The summed E-state index contributed by atoms with van der Waals surface area (Å²) >= 11 is 16.8. The zero-order valence-electron chi connectivity index (χ0n) is 32.7. The fourth-order valence-corrected chi connectivity index (χ4v) is 11.7. The Hall–Kier alpha value is -2.89. The average Bonchev–Trinajstić information content (AvgIpc) is 3.10. The lowest BCUT2D eigenvalue weighted by atomic mass is 9.65. The summed E-state index contributed by atoms with van der Waals surface area (Å²) in [6, 6.07) is 0.326. The van der Waals surface area contributed by atoms with Gasteiger partial charge in [-0.25, -0.2) is 24.5 Å². The zero-order valence-corrected chi connectivity index (χ0v) is 35.0. The molecule has 4 saturated carbocycles. The number of rotatable bonds is 5.